The number of methoxy groups -OCH3 is 1. The van der Waals surface area contributed by atoms with E-state index >= 15 is 0 Å². The molecule has 0 amide bonds. The number of aryl methyl sites for hydroxylation is 1. The number of aromatic nitrogens is 2. The van der Waals surface area contributed by atoms with E-state index in [0.717, 1.165) is 31.6 Å². The lowest BCUT2D eigenvalue weighted by Crippen LogP contribution is -2.50. The largest absolute Gasteiger partial charge is 0.465 e. The third-order valence-electron chi connectivity index (χ3n) is 4.09. The fourth-order valence-corrected chi connectivity index (χ4v) is 3.03. The molecule has 2 heterocycles. The molecule has 1 atom stereocenters. The Kier molecular flexibility index (Phi) is 5.36. The van der Waals surface area contributed by atoms with Crippen LogP contribution in [0.4, 0.5) is 0 Å². The first-order valence-corrected chi connectivity index (χ1v) is 7.45. The smallest absolute Gasteiger partial charge is 0.315 e. The van der Waals surface area contributed by atoms with E-state index in [2.05, 4.69) is 9.88 Å². The molecule has 1 aromatic rings. The van der Waals surface area contributed by atoms with Gasteiger partial charge in [0, 0.05) is 33.4 Å². The standard InChI is InChI=1S/C15H25N3O3/c1-4-21-14(19)15(11-20-3)6-5-7-18(10-15)9-13-8-16-12-17(13)2/h8,12H,4-7,9-11H2,1-3H3/t15-/m1/s1. The summed E-state index contributed by atoms with van der Waals surface area (Å²) >= 11 is 0. The molecule has 6 nitrogen and oxygen atoms in total. The summed E-state index contributed by atoms with van der Waals surface area (Å²) in [5, 5.41) is 0. The van der Waals surface area contributed by atoms with Crippen molar-refractivity contribution in [2.45, 2.75) is 26.3 Å². The Labute approximate surface area is 126 Å². The molecular weight excluding hydrogens is 270 g/mol. The molecule has 0 spiro atoms. The lowest BCUT2D eigenvalue weighted by Gasteiger charge is -2.40. The molecule has 1 aliphatic heterocycles. The quantitative estimate of drug-likeness (QED) is 0.738. The van der Waals surface area contributed by atoms with E-state index in [4.69, 9.17) is 9.47 Å². The van der Waals surface area contributed by atoms with Crippen molar-refractivity contribution in [2.75, 3.05) is 33.4 Å². The number of esters is 1. The van der Waals surface area contributed by atoms with E-state index in [0.29, 0.717) is 19.8 Å². The van der Waals surface area contributed by atoms with Gasteiger partial charge in [-0.2, -0.15) is 0 Å². The van der Waals surface area contributed by atoms with Crippen molar-refractivity contribution in [3.8, 4) is 0 Å². The van der Waals surface area contributed by atoms with E-state index in [9.17, 15) is 4.79 Å². The average molecular weight is 295 g/mol. The fraction of sp³-hybridized carbons (Fsp3) is 0.733. The van der Waals surface area contributed by atoms with Crippen LogP contribution >= 0.6 is 0 Å². The van der Waals surface area contributed by atoms with Crippen molar-refractivity contribution in [2.24, 2.45) is 12.5 Å². The predicted octanol–water partition coefficient (Wildman–Crippen LogP) is 1.21. The number of nitrogens with zero attached hydrogens (tertiary/aromatic N) is 3. The first-order valence-electron chi connectivity index (χ1n) is 7.45. The van der Waals surface area contributed by atoms with Gasteiger partial charge in [-0.05, 0) is 26.3 Å². The molecule has 1 saturated heterocycles. The number of carbonyl (C=O) groups excluding carboxylic acids is 1. The Balaban J connectivity index is 2.09. The summed E-state index contributed by atoms with van der Waals surface area (Å²) in [6.45, 7) is 5.11. The molecule has 0 bridgehead atoms. The minimum Gasteiger partial charge on any atom is -0.465 e. The predicted molar refractivity (Wildman–Crippen MR) is 78.7 cm³/mol. The van der Waals surface area contributed by atoms with Crippen LogP contribution in [0.3, 0.4) is 0 Å². The highest BCUT2D eigenvalue weighted by molar-refractivity contribution is 5.77. The monoisotopic (exact) mass is 295 g/mol. The van der Waals surface area contributed by atoms with Gasteiger partial charge in [0.1, 0.15) is 5.41 Å². The van der Waals surface area contributed by atoms with Crippen molar-refractivity contribution in [1.29, 1.82) is 0 Å². The van der Waals surface area contributed by atoms with Crippen molar-refractivity contribution in [1.82, 2.24) is 14.5 Å². The number of hydrogen-bond acceptors (Lipinski definition) is 5. The molecule has 0 radical (unpaired) electrons. The summed E-state index contributed by atoms with van der Waals surface area (Å²) in [4.78, 5) is 18.8. The van der Waals surface area contributed by atoms with Crippen LogP contribution in [0, 0.1) is 5.41 Å². The van der Waals surface area contributed by atoms with E-state index in [-0.39, 0.29) is 5.97 Å². The highest BCUT2D eigenvalue weighted by Gasteiger charge is 2.43. The van der Waals surface area contributed by atoms with Crippen LogP contribution in [-0.2, 0) is 27.9 Å². The second kappa shape index (κ2) is 7.04. The van der Waals surface area contributed by atoms with E-state index < -0.39 is 5.41 Å². The third kappa shape index (κ3) is 3.63. The zero-order chi connectivity index (χ0) is 15.3. The number of piperidine rings is 1. The van der Waals surface area contributed by atoms with Crippen molar-refractivity contribution < 1.29 is 14.3 Å². The van der Waals surface area contributed by atoms with Gasteiger partial charge in [0.05, 0.1) is 25.2 Å². The second-order valence-electron chi connectivity index (χ2n) is 5.74. The minimum absolute atomic E-state index is 0.137. The number of likely N-dealkylation sites (tertiary alicyclic amines) is 1. The van der Waals surface area contributed by atoms with Crippen LogP contribution in [0.1, 0.15) is 25.5 Å². The molecule has 6 heteroatoms. The summed E-state index contributed by atoms with van der Waals surface area (Å²) in [6, 6.07) is 0. The Morgan fingerprint density at radius 2 is 2.33 bits per heavy atom. The van der Waals surface area contributed by atoms with Crippen molar-refractivity contribution in [3.05, 3.63) is 18.2 Å². The molecule has 1 aliphatic rings. The number of hydrogen-bond donors (Lipinski definition) is 0. The van der Waals surface area contributed by atoms with Gasteiger partial charge in [0.2, 0.25) is 0 Å². The molecule has 21 heavy (non-hydrogen) atoms. The molecule has 0 aliphatic carbocycles. The molecule has 1 aromatic heterocycles. The maximum Gasteiger partial charge on any atom is 0.315 e. The molecule has 0 aromatic carbocycles. The van der Waals surface area contributed by atoms with Crippen LogP contribution < -0.4 is 0 Å². The first kappa shape index (κ1) is 16.0. The van der Waals surface area contributed by atoms with Crippen molar-refractivity contribution >= 4 is 5.97 Å². The second-order valence-corrected chi connectivity index (χ2v) is 5.74. The molecule has 0 unspecified atom stereocenters. The highest BCUT2D eigenvalue weighted by atomic mass is 16.5. The molecule has 118 valence electrons. The fourth-order valence-electron chi connectivity index (χ4n) is 3.03. The lowest BCUT2D eigenvalue weighted by molar-refractivity contribution is -0.163. The van der Waals surface area contributed by atoms with Gasteiger partial charge in [0.15, 0.2) is 0 Å². The Hall–Kier alpha value is -1.40. The number of ether oxygens (including phenoxy) is 2. The maximum absolute atomic E-state index is 12.4. The van der Waals surface area contributed by atoms with E-state index in [1.54, 1.807) is 13.4 Å². The maximum atomic E-state index is 12.4. The first-order chi connectivity index (χ1) is 10.1. The van der Waals surface area contributed by atoms with Gasteiger partial charge in [-0.3, -0.25) is 9.69 Å². The molecule has 1 fully saturated rings. The van der Waals surface area contributed by atoms with Crippen LogP contribution in [-0.4, -0.2) is 53.8 Å². The lowest BCUT2D eigenvalue weighted by atomic mass is 9.80. The molecule has 0 N–H and O–H groups in total. The van der Waals surface area contributed by atoms with Crippen LogP contribution in [0.5, 0.6) is 0 Å². The van der Waals surface area contributed by atoms with E-state index in [1.807, 2.05) is 24.7 Å². The van der Waals surface area contributed by atoms with Gasteiger partial charge in [-0.25, -0.2) is 4.98 Å². The zero-order valence-electron chi connectivity index (χ0n) is 13.2. The highest BCUT2D eigenvalue weighted by Crippen LogP contribution is 2.32. The van der Waals surface area contributed by atoms with Crippen molar-refractivity contribution in [3.63, 3.8) is 0 Å². The van der Waals surface area contributed by atoms with Crippen LogP contribution in [0.2, 0.25) is 0 Å². The zero-order valence-corrected chi connectivity index (χ0v) is 13.2. The number of rotatable bonds is 6. The van der Waals surface area contributed by atoms with E-state index in [1.165, 1.54) is 0 Å². The number of imidazole rings is 1. The van der Waals surface area contributed by atoms with Gasteiger partial charge in [0.25, 0.3) is 0 Å². The number of carbonyl (C=O) groups is 1. The summed E-state index contributed by atoms with van der Waals surface area (Å²) in [7, 11) is 3.63. The Morgan fingerprint density at radius 1 is 1.52 bits per heavy atom. The average Bonchev–Trinajstić information content (AvgIpc) is 2.85. The Morgan fingerprint density at radius 3 is 2.95 bits per heavy atom. The molecule has 2 rings (SSSR count). The third-order valence-corrected chi connectivity index (χ3v) is 4.09. The summed E-state index contributed by atoms with van der Waals surface area (Å²) in [5.74, 6) is -0.137. The van der Waals surface area contributed by atoms with Gasteiger partial charge in [-0.1, -0.05) is 0 Å². The van der Waals surface area contributed by atoms with Gasteiger partial charge < -0.3 is 14.0 Å². The summed E-state index contributed by atoms with van der Waals surface area (Å²) in [6.07, 6.45) is 5.46. The normalized spacial score (nSPS) is 23.2. The summed E-state index contributed by atoms with van der Waals surface area (Å²) < 4.78 is 12.6. The molecule has 0 saturated carbocycles. The minimum atomic E-state index is -0.540. The molecular formula is C15H25N3O3. The van der Waals surface area contributed by atoms with Gasteiger partial charge in [-0.15, -0.1) is 0 Å². The Bertz CT molecular complexity index is 470. The van der Waals surface area contributed by atoms with Crippen LogP contribution in [0.15, 0.2) is 12.5 Å². The topological polar surface area (TPSA) is 56.6 Å². The SMILES string of the molecule is CCOC(=O)[C@]1(COC)CCCN(Cc2cncn2C)C1. The summed E-state index contributed by atoms with van der Waals surface area (Å²) in [5.41, 5.74) is 0.605. The van der Waals surface area contributed by atoms with Gasteiger partial charge >= 0.3 is 5.97 Å². The van der Waals surface area contributed by atoms with Crippen LogP contribution in [0.25, 0.3) is 0 Å².